The van der Waals surface area contributed by atoms with E-state index in [9.17, 15) is 0 Å². The maximum Gasteiger partial charge on any atom is 1.00 e. The summed E-state index contributed by atoms with van der Waals surface area (Å²) >= 11 is 0. The molecule has 0 unspecified atom stereocenters. The Morgan fingerprint density at radius 3 is 1.20 bits per heavy atom. The van der Waals surface area contributed by atoms with Crippen molar-refractivity contribution in [1.82, 2.24) is 0 Å². The molecular formula is C3H9NaS. The first-order valence-corrected chi connectivity index (χ1v) is 1.15. The Labute approximate surface area is 63.1 Å². The minimum absolute atomic E-state index is 0. The Hall–Kier alpha value is 1.35. The SMILES string of the molecule is C[CH-]C.S.[Na+]. The topological polar surface area (TPSA) is 0 Å². The standard InChI is InChI=1S/C3H7.Na.H2S/c1-3-2;;/h3H,1-2H3;;1H2/q-1;+1;. The van der Waals surface area contributed by atoms with Crippen LogP contribution in [0.4, 0.5) is 0 Å². The van der Waals surface area contributed by atoms with E-state index in [0.29, 0.717) is 0 Å². The zero-order chi connectivity index (χ0) is 2.71. The summed E-state index contributed by atoms with van der Waals surface area (Å²) in [5, 5.41) is 0. The van der Waals surface area contributed by atoms with Crippen LogP contribution in [0.25, 0.3) is 0 Å². The average Bonchev–Trinajstić information content (AvgIpc) is 0.918. The Morgan fingerprint density at radius 1 is 1.20 bits per heavy atom. The molecule has 0 aromatic heterocycles. The minimum atomic E-state index is 0. The maximum absolute atomic E-state index is 2.00. The number of hydrogen-bond acceptors (Lipinski definition) is 0. The van der Waals surface area contributed by atoms with E-state index in [-0.39, 0.29) is 43.1 Å². The summed E-state index contributed by atoms with van der Waals surface area (Å²) in [6, 6.07) is 0. The first kappa shape index (κ1) is 16.2. The summed E-state index contributed by atoms with van der Waals surface area (Å²) in [4.78, 5) is 0. The molecule has 0 saturated heterocycles. The molecule has 28 valence electrons. The fourth-order valence-electron chi connectivity index (χ4n) is 0. The molecule has 0 fully saturated rings. The monoisotopic (exact) mass is 100 g/mol. The Balaban J connectivity index is -0.0000000200. The van der Waals surface area contributed by atoms with Crippen LogP contribution in [0.15, 0.2) is 0 Å². The third-order valence-corrected chi connectivity index (χ3v) is 0. The summed E-state index contributed by atoms with van der Waals surface area (Å²) in [7, 11) is 0. The number of hydrogen-bond donors (Lipinski definition) is 0. The van der Waals surface area contributed by atoms with Crippen molar-refractivity contribution in [2.75, 3.05) is 0 Å². The van der Waals surface area contributed by atoms with Gasteiger partial charge in [0.2, 0.25) is 0 Å². The van der Waals surface area contributed by atoms with Gasteiger partial charge in [-0.25, -0.2) is 0 Å². The Bertz CT molecular complexity index is 6.85. The molecule has 0 aliphatic carbocycles. The molecule has 0 heterocycles. The zero-order valence-corrected chi connectivity index (χ0v) is 7.08. The normalized spacial score (nSPS) is 3.60. The minimum Gasteiger partial charge on any atom is -0.335 e. The van der Waals surface area contributed by atoms with Gasteiger partial charge >= 0.3 is 29.6 Å². The van der Waals surface area contributed by atoms with Crippen molar-refractivity contribution in [3.8, 4) is 0 Å². The van der Waals surface area contributed by atoms with Gasteiger partial charge in [-0.3, -0.25) is 0 Å². The van der Waals surface area contributed by atoms with Crippen molar-refractivity contribution < 1.29 is 29.6 Å². The van der Waals surface area contributed by atoms with Gasteiger partial charge in [0.05, 0.1) is 0 Å². The third-order valence-electron chi connectivity index (χ3n) is 0. The maximum atomic E-state index is 2.00. The molecule has 0 aliphatic heterocycles. The number of rotatable bonds is 0. The molecular weight excluding hydrogens is 91.1 g/mol. The second-order valence-corrected chi connectivity index (χ2v) is 0.577. The van der Waals surface area contributed by atoms with E-state index >= 15 is 0 Å². The van der Waals surface area contributed by atoms with Crippen LogP contribution in [0, 0.1) is 6.42 Å². The van der Waals surface area contributed by atoms with Crippen molar-refractivity contribution in [2.24, 2.45) is 0 Å². The second-order valence-electron chi connectivity index (χ2n) is 0.577. The molecule has 0 nitrogen and oxygen atoms in total. The van der Waals surface area contributed by atoms with Gasteiger partial charge in [0.1, 0.15) is 0 Å². The predicted octanol–water partition coefficient (Wildman–Crippen LogP) is -1.65. The molecule has 0 radical (unpaired) electrons. The van der Waals surface area contributed by atoms with Crippen LogP contribution in [0.1, 0.15) is 13.8 Å². The van der Waals surface area contributed by atoms with Crippen molar-refractivity contribution in [3.05, 3.63) is 6.42 Å². The molecule has 0 rings (SSSR count). The second kappa shape index (κ2) is 18.3. The van der Waals surface area contributed by atoms with Crippen LogP contribution < -0.4 is 29.6 Å². The molecule has 0 bridgehead atoms. The van der Waals surface area contributed by atoms with Gasteiger partial charge in [0.15, 0.2) is 0 Å². The first-order chi connectivity index (χ1) is 1.41. The van der Waals surface area contributed by atoms with Gasteiger partial charge < -0.3 is 6.42 Å². The van der Waals surface area contributed by atoms with Crippen LogP contribution in [0.3, 0.4) is 0 Å². The molecule has 0 aromatic carbocycles. The summed E-state index contributed by atoms with van der Waals surface area (Å²) in [5.74, 6) is 0. The summed E-state index contributed by atoms with van der Waals surface area (Å²) in [6.45, 7) is 4.00. The molecule has 0 atom stereocenters. The molecule has 0 aliphatic rings. The van der Waals surface area contributed by atoms with Crippen molar-refractivity contribution >= 4 is 13.5 Å². The molecule has 0 N–H and O–H groups in total. The van der Waals surface area contributed by atoms with Gasteiger partial charge in [-0.2, -0.15) is 27.3 Å². The largest absolute Gasteiger partial charge is 1.00 e. The molecule has 0 saturated carbocycles. The quantitative estimate of drug-likeness (QED) is 0.253. The van der Waals surface area contributed by atoms with E-state index in [0.717, 1.165) is 0 Å². The van der Waals surface area contributed by atoms with Gasteiger partial charge in [0, 0.05) is 0 Å². The fourth-order valence-corrected chi connectivity index (χ4v) is 0. The van der Waals surface area contributed by atoms with E-state index in [2.05, 4.69) is 0 Å². The van der Waals surface area contributed by atoms with Crippen LogP contribution in [0.2, 0.25) is 0 Å². The predicted molar refractivity (Wildman–Crippen MR) is 26.0 cm³/mol. The first-order valence-electron chi connectivity index (χ1n) is 1.15. The molecule has 0 amide bonds. The Morgan fingerprint density at radius 2 is 1.20 bits per heavy atom. The van der Waals surface area contributed by atoms with E-state index < -0.39 is 0 Å². The van der Waals surface area contributed by atoms with Crippen LogP contribution in [-0.4, -0.2) is 0 Å². The fraction of sp³-hybridized carbons (Fsp3) is 0.667. The van der Waals surface area contributed by atoms with Crippen LogP contribution >= 0.6 is 13.5 Å². The van der Waals surface area contributed by atoms with Crippen LogP contribution in [-0.2, 0) is 0 Å². The molecule has 2 heteroatoms. The molecule has 5 heavy (non-hydrogen) atoms. The average molecular weight is 100 g/mol. The summed E-state index contributed by atoms with van der Waals surface area (Å²) < 4.78 is 0. The van der Waals surface area contributed by atoms with E-state index in [1.165, 1.54) is 0 Å². The summed E-state index contributed by atoms with van der Waals surface area (Å²) in [5.41, 5.74) is 0. The smallest absolute Gasteiger partial charge is 0.335 e. The van der Waals surface area contributed by atoms with Gasteiger partial charge in [-0.05, 0) is 0 Å². The van der Waals surface area contributed by atoms with Crippen molar-refractivity contribution in [3.63, 3.8) is 0 Å². The van der Waals surface area contributed by atoms with Gasteiger partial charge in [-0.15, -0.1) is 0 Å². The van der Waals surface area contributed by atoms with Crippen LogP contribution in [0.5, 0.6) is 0 Å². The zero-order valence-electron chi connectivity index (χ0n) is 4.08. The summed E-state index contributed by atoms with van der Waals surface area (Å²) in [6.07, 6.45) is 2.00. The van der Waals surface area contributed by atoms with Gasteiger partial charge in [-0.1, -0.05) is 0 Å². The Kier molecular flexibility index (Phi) is 59.4. The van der Waals surface area contributed by atoms with Crippen molar-refractivity contribution in [1.29, 1.82) is 0 Å². The van der Waals surface area contributed by atoms with Gasteiger partial charge in [0.25, 0.3) is 0 Å². The molecule has 0 aromatic rings. The molecule has 0 spiro atoms. The third kappa shape index (κ3) is 32.9. The van der Waals surface area contributed by atoms with E-state index in [1.54, 1.807) is 0 Å². The van der Waals surface area contributed by atoms with E-state index in [4.69, 9.17) is 0 Å². The van der Waals surface area contributed by atoms with E-state index in [1.807, 2.05) is 20.3 Å². The van der Waals surface area contributed by atoms with Crippen molar-refractivity contribution in [2.45, 2.75) is 13.8 Å².